The second-order valence-corrected chi connectivity index (χ2v) is 9.24. The summed E-state index contributed by atoms with van der Waals surface area (Å²) >= 11 is 0. The summed E-state index contributed by atoms with van der Waals surface area (Å²) in [6.45, 7) is 0.733. The minimum absolute atomic E-state index is 0.0244. The number of amides is 2. The van der Waals surface area contributed by atoms with Gasteiger partial charge in [0.25, 0.3) is 11.8 Å². The Kier molecular flexibility index (Phi) is 6.91. The third-order valence-electron chi connectivity index (χ3n) is 5.03. The highest BCUT2D eigenvalue weighted by atomic mass is 32.2. The molecule has 1 aliphatic heterocycles. The first-order valence-electron chi connectivity index (χ1n) is 9.73. The molecule has 0 unspecified atom stereocenters. The number of nitrogens with zero attached hydrogens (tertiary/aromatic N) is 2. The fraction of sp³-hybridized carbons (Fsp3) is 0.333. The summed E-state index contributed by atoms with van der Waals surface area (Å²) < 4.78 is 45.3. The van der Waals surface area contributed by atoms with E-state index in [1.54, 1.807) is 19.2 Å². The maximum Gasteiger partial charge on any atom is 0.260 e. The van der Waals surface area contributed by atoms with Gasteiger partial charge in [0.2, 0.25) is 10.0 Å². The Balaban J connectivity index is 1.70. The van der Waals surface area contributed by atoms with Crippen molar-refractivity contribution in [1.82, 2.24) is 9.21 Å². The van der Waals surface area contributed by atoms with Crippen LogP contribution in [0.5, 0.6) is 5.75 Å². The molecule has 0 saturated carbocycles. The molecule has 2 aromatic carbocycles. The SMILES string of the molecule is CN(Cc1ccc(F)cc1)C(=O)COc1ccc(S(=O)(=O)N2CCCC2)cc1C(N)=O. The third kappa shape index (κ3) is 5.39. The molecule has 1 heterocycles. The monoisotopic (exact) mass is 449 g/mol. The molecule has 0 atom stereocenters. The quantitative estimate of drug-likeness (QED) is 0.660. The molecule has 1 fully saturated rings. The fourth-order valence-electron chi connectivity index (χ4n) is 3.27. The number of carbonyl (C=O) groups is 2. The summed E-state index contributed by atoms with van der Waals surface area (Å²) in [4.78, 5) is 25.6. The van der Waals surface area contributed by atoms with E-state index < -0.39 is 15.9 Å². The van der Waals surface area contributed by atoms with Crippen LogP contribution in [0.25, 0.3) is 0 Å². The molecule has 3 rings (SSSR count). The first kappa shape index (κ1) is 22.7. The lowest BCUT2D eigenvalue weighted by Gasteiger charge is -2.19. The minimum Gasteiger partial charge on any atom is -0.483 e. The van der Waals surface area contributed by atoms with E-state index in [2.05, 4.69) is 0 Å². The Morgan fingerprint density at radius 1 is 1.13 bits per heavy atom. The average molecular weight is 450 g/mol. The van der Waals surface area contributed by atoms with Gasteiger partial charge in [-0.2, -0.15) is 4.31 Å². The number of hydrogen-bond donors (Lipinski definition) is 1. The normalized spacial score (nSPS) is 14.4. The van der Waals surface area contributed by atoms with E-state index in [9.17, 15) is 22.4 Å². The van der Waals surface area contributed by atoms with E-state index in [0.29, 0.717) is 13.1 Å². The summed E-state index contributed by atoms with van der Waals surface area (Å²) in [5, 5.41) is 0. The summed E-state index contributed by atoms with van der Waals surface area (Å²) in [6.07, 6.45) is 1.58. The number of benzene rings is 2. The van der Waals surface area contributed by atoms with Crippen LogP contribution < -0.4 is 10.5 Å². The van der Waals surface area contributed by atoms with Gasteiger partial charge in [0, 0.05) is 26.7 Å². The van der Waals surface area contributed by atoms with Gasteiger partial charge in [0.15, 0.2) is 6.61 Å². The zero-order valence-corrected chi connectivity index (χ0v) is 17.9. The smallest absolute Gasteiger partial charge is 0.260 e. The second kappa shape index (κ2) is 9.44. The van der Waals surface area contributed by atoms with Crippen molar-refractivity contribution in [3.8, 4) is 5.75 Å². The van der Waals surface area contributed by atoms with E-state index in [1.165, 1.54) is 39.5 Å². The van der Waals surface area contributed by atoms with Crippen molar-refractivity contribution in [3.05, 3.63) is 59.4 Å². The molecule has 0 aliphatic carbocycles. The third-order valence-corrected chi connectivity index (χ3v) is 6.92. The average Bonchev–Trinajstić information content (AvgIpc) is 3.29. The highest BCUT2D eigenvalue weighted by Crippen LogP contribution is 2.26. The van der Waals surface area contributed by atoms with Gasteiger partial charge in [0.05, 0.1) is 10.5 Å². The van der Waals surface area contributed by atoms with E-state index >= 15 is 0 Å². The molecule has 1 saturated heterocycles. The molecule has 166 valence electrons. The number of hydrogen-bond acceptors (Lipinski definition) is 5. The molecule has 2 N–H and O–H groups in total. The van der Waals surface area contributed by atoms with Gasteiger partial charge in [-0.15, -0.1) is 0 Å². The summed E-state index contributed by atoms with van der Waals surface area (Å²) in [5.41, 5.74) is 6.03. The number of rotatable bonds is 8. The number of carbonyl (C=O) groups excluding carboxylic acids is 2. The summed E-state index contributed by atoms with van der Waals surface area (Å²) in [5.74, 6) is -1.58. The van der Waals surface area contributed by atoms with E-state index in [1.807, 2.05) is 0 Å². The van der Waals surface area contributed by atoms with Crippen LogP contribution >= 0.6 is 0 Å². The molecule has 2 aromatic rings. The van der Waals surface area contributed by atoms with Gasteiger partial charge >= 0.3 is 0 Å². The van der Waals surface area contributed by atoms with Crippen molar-refractivity contribution in [2.75, 3.05) is 26.7 Å². The predicted octanol–water partition coefficient (Wildman–Crippen LogP) is 1.75. The lowest BCUT2D eigenvalue weighted by molar-refractivity contribution is -0.132. The van der Waals surface area contributed by atoms with Crippen LogP contribution in [0.2, 0.25) is 0 Å². The number of likely N-dealkylation sites (N-methyl/N-ethyl adjacent to an activating group) is 1. The number of sulfonamides is 1. The van der Waals surface area contributed by atoms with Crippen LogP contribution in [0, 0.1) is 5.82 Å². The molecule has 0 spiro atoms. The van der Waals surface area contributed by atoms with Crippen molar-refractivity contribution in [2.45, 2.75) is 24.3 Å². The van der Waals surface area contributed by atoms with E-state index in [-0.39, 0.29) is 41.1 Å². The second-order valence-electron chi connectivity index (χ2n) is 7.30. The molecule has 8 nitrogen and oxygen atoms in total. The highest BCUT2D eigenvalue weighted by Gasteiger charge is 2.28. The van der Waals surface area contributed by atoms with Gasteiger partial charge < -0.3 is 15.4 Å². The van der Waals surface area contributed by atoms with Crippen molar-refractivity contribution < 1.29 is 27.1 Å². The van der Waals surface area contributed by atoms with Crippen LogP contribution in [-0.2, 0) is 21.4 Å². The van der Waals surface area contributed by atoms with Crippen LogP contribution in [0.3, 0.4) is 0 Å². The van der Waals surface area contributed by atoms with Crippen LogP contribution in [-0.4, -0.2) is 56.2 Å². The summed E-state index contributed by atoms with van der Waals surface area (Å²) in [7, 11) is -2.16. The summed E-state index contributed by atoms with van der Waals surface area (Å²) in [6, 6.07) is 9.61. The largest absolute Gasteiger partial charge is 0.483 e. The van der Waals surface area contributed by atoms with Crippen LogP contribution in [0.1, 0.15) is 28.8 Å². The topological polar surface area (TPSA) is 110 Å². The molecule has 31 heavy (non-hydrogen) atoms. The standard InChI is InChI=1S/C21H24FN3O5S/c1-24(13-15-4-6-16(22)7-5-15)20(26)14-30-19-9-8-17(12-18(19)21(23)27)31(28,29)25-10-2-3-11-25/h4-9,12H,2-3,10-11,13-14H2,1H3,(H2,23,27). The van der Waals surface area contributed by atoms with Crippen molar-refractivity contribution >= 4 is 21.8 Å². The maximum absolute atomic E-state index is 13.0. The van der Waals surface area contributed by atoms with Crippen LogP contribution in [0.15, 0.2) is 47.4 Å². The van der Waals surface area contributed by atoms with Gasteiger partial charge in [-0.25, -0.2) is 12.8 Å². The molecule has 10 heteroatoms. The van der Waals surface area contributed by atoms with Gasteiger partial charge in [-0.3, -0.25) is 9.59 Å². The Hall–Kier alpha value is -2.98. The molecule has 0 bridgehead atoms. The molecular formula is C21H24FN3O5S. The van der Waals surface area contributed by atoms with Gasteiger partial charge in [-0.1, -0.05) is 12.1 Å². The number of primary amides is 1. The zero-order chi connectivity index (χ0) is 22.6. The Labute approximate surface area is 180 Å². The van der Waals surface area contributed by atoms with Crippen molar-refractivity contribution in [3.63, 3.8) is 0 Å². The van der Waals surface area contributed by atoms with Gasteiger partial charge in [-0.05, 0) is 48.7 Å². The molecule has 1 aliphatic rings. The molecule has 0 radical (unpaired) electrons. The molecule has 0 aromatic heterocycles. The van der Waals surface area contributed by atoms with Gasteiger partial charge in [0.1, 0.15) is 11.6 Å². The highest BCUT2D eigenvalue weighted by molar-refractivity contribution is 7.89. The first-order valence-corrected chi connectivity index (χ1v) is 11.2. The number of ether oxygens (including phenoxy) is 1. The lowest BCUT2D eigenvalue weighted by Crippen LogP contribution is -2.31. The van der Waals surface area contributed by atoms with E-state index in [4.69, 9.17) is 10.5 Å². The van der Waals surface area contributed by atoms with Crippen LogP contribution in [0.4, 0.5) is 4.39 Å². The molecule has 2 amide bonds. The lowest BCUT2D eigenvalue weighted by atomic mass is 10.2. The number of nitrogens with two attached hydrogens (primary N) is 1. The van der Waals surface area contributed by atoms with Crippen molar-refractivity contribution in [1.29, 1.82) is 0 Å². The zero-order valence-electron chi connectivity index (χ0n) is 17.1. The minimum atomic E-state index is -3.73. The number of halogens is 1. The Morgan fingerprint density at radius 3 is 2.39 bits per heavy atom. The van der Waals surface area contributed by atoms with E-state index in [0.717, 1.165) is 18.4 Å². The maximum atomic E-state index is 13.0. The van der Waals surface area contributed by atoms with Crippen molar-refractivity contribution in [2.24, 2.45) is 5.73 Å². The first-order chi connectivity index (χ1) is 14.7. The fourth-order valence-corrected chi connectivity index (χ4v) is 4.81. The predicted molar refractivity (Wildman–Crippen MR) is 111 cm³/mol. The Bertz CT molecular complexity index is 1070. The molecular weight excluding hydrogens is 425 g/mol. The Morgan fingerprint density at radius 2 is 1.77 bits per heavy atom.